The molecule has 0 aromatic heterocycles. The Morgan fingerprint density at radius 1 is 1.09 bits per heavy atom. The SMILES string of the molecule is CC(c1ccccc1)C(O)O. The van der Waals surface area contributed by atoms with Gasteiger partial charge in [-0.05, 0) is 5.56 Å². The minimum absolute atomic E-state index is 0.212. The van der Waals surface area contributed by atoms with Crippen LogP contribution in [0.15, 0.2) is 30.3 Å². The second kappa shape index (κ2) is 3.51. The number of hydrogen-bond donors (Lipinski definition) is 2. The highest BCUT2D eigenvalue weighted by Crippen LogP contribution is 2.16. The Hall–Kier alpha value is -0.860. The molecule has 0 saturated carbocycles. The van der Waals surface area contributed by atoms with Crippen LogP contribution >= 0.6 is 0 Å². The van der Waals surface area contributed by atoms with Crippen LogP contribution in [-0.2, 0) is 0 Å². The second-order valence-corrected chi connectivity index (χ2v) is 2.61. The van der Waals surface area contributed by atoms with Gasteiger partial charge in [-0.1, -0.05) is 37.3 Å². The summed E-state index contributed by atoms with van der Waals surface area (Å²) in [5, 5.41) is 17.7. The van der Waals surface area contributed by atoms with Gasteiger partial charge in [0.15, 0.2) is 6.29 Å². The van der Waals surface area contributed by atoms with Crippen molar-refractivity contribution in [2.45, 2.75) is 19.1 Å². The maximum absolute atomic E-state index is 8.83. The van der Waals surface area contributed by atoms with Crippen LogP contribution in [0.3, 0.4) is 0 Å². The first-order valence-corrected chi connectivity index (χ1v) is 3.63. The van der Waals surface area contributed by atoms with Crippen LogP contribution in [0.4, 0.5) is 0 Å². The first-order valence-electron chi connectivity index (χ1n) is 3.63. The van der Waals surface area contributed by atoms with Crippen LogP contribution in [-0.4, -0.2) is 16.5 Å². The van der Waals surface area contributed by atoms with Gasteiger partial charge in [0.25, 0.3) is 0 Å². The maximum Gasteiger partial charge on any atom is 0.158 e. The van der Waals surface area contributed by atoms with E-state index in [2.05, 4.69) is 0 Å². The average Bonchev–Trinajstić information content (AvgIpc) is 2.05. The van der Waals surface area contributed by atoms with E-state index in [1.54, 1.807) is 6.92 Å². The summed E-state index contributed by atoms with van der Waals surface area (Å²) in [6, 6.07) is 9.43. The molecule has 0 radical (unpaired) electrons. The van der Waals surface area contributed by atoms with E-state index in [4.69, 9.17) is 10.2 Å². The van der Waals surface area contributed by atoms with Crippen LogP contribution < -0.4 is 0 Å². The van der Waals surface area contributed by atoms with Gasteiger partial charge in [-0.15, -0.1) is 0 Å². The molecule has 0 saturated heterocycles. The molecule has 0 amide bonds. The van der Waals surface area contributed by atoms with E-state index in [0.29, 0.717) is 0 Å². The fourth-order valence-electron chi connectivity index (χ4n) is 0.929. The molecule has 0 fully saturated rings. The lowest BCUT2D eigenvalue weighted by atomic mass is 10.0. The van der Waals surface area contributed by atoms with Crippen LogP contribution in [0.1, 0.15) is 18.4 Å². The van der Waals surface area contributed by atoms with Crippen molar-refractivity contribution in [3.63, 3.8) is 0 Å². The largest absolute Gasteiger partial charge is 0.368 e. The summed E-state index contributed by atoms with van der Waals surface area (Å²) in [5.41, 5.74) is 0.947. The van der Waals surface area contributed by atoms with Crippen LogP contribution in [0, 0.1) is 0 Å². The zero-order chi connectivity index (χ0) is 8.27. The van der Waals surface area contributed by atoms with Crippen molar-refractivity contribution in [3.8, 4) is 0 Å². The van der Waals surface area contributed by atoms with Crippen molar-refractivity contribution in [1.82, 2.24) is 0 Å². The molecule has 2 heteroatoms. The Morgan fingerprint density at radius 3 is 2.09 bits per heavy atom. The third kappa shape index (κ3) is 2.03. The summed E-state index contributed by atoms with van der Waals surface area (Å²) in [4.78, 5) is 0. The summed E-state index contributed by atoms with van der Waals surface area (Å²) >= 11 is 0. The third-order valence-corrected chi connectivity index (χ3v) is 1.77. The number of benzene rings is 1. The predicted octanol–water partition coefficient (Wildman–Crippen LogP) is 1.10. The van der Waals surface area contributed by atoms with E-state index in [-0.39, 0.29) is 5.92 Å². The van der Waals surface area contributed by atoms with Gasteiger partial charge in [-0.3, -0.25) is 0 Å². The molecule has 2 nitrogen and oxygen atoms in total. The molecule has 1 unspecified atom stereocenters. The Morgan fingerprint density at radius 2 is 1.64 bits per heavy atom. The van der Waals surface area contributed by atoms with Gasteiger partial charge >= 0.3 is 0 Å². The predicted molar refractivity (Wildman–Crippen MR) is 43.1 cm³/mol. The Kier molecular flexibility index (Phi) is 2.63. The lowest BCUT2D eigenvalue weighted by molar-refractivity contribution is -0.0561. The van der Waals surface area contributed by atoms with E-state index in [1.165, 1.54) is 0 Å². The van der Waals surface area contributed by atoms with Gasteiger partial charge in [0.05, 0.1) is 0 Å². The van der Waals surface area contributed by atoms with Gasteiger partial charge in [-0.2, -0.15) is 0 Å². The van der Waals surface area contributed by atoms with Gasteiger partial charge < -0.3 is 10.2 Å². The van der Waals surface area contributed by atoms with E-state index < -0.39 is 6.29 Å². The highest BCUT2D eigenvalue weighted by atomic mass is 16.5. The van der Waals surface area contributed by atoms with E-state index in [9.17, 15) is 0 Å². The summed E-state index contributed by atoms with van der Waals surface area (Å²) in [5.74, 6) is -0.212. The highest BCUT2D eigenvalue weighted by molar-refractivity contribution is 5.18. The topological polar surface area (TPSA) is 40.5 Å². The monoisotopic (exact) mass is 152 g/mol. The zero-order valence-corrected chi connectivity index (χ0v) is 6.44. The molecule has 0 aliphatic heterocycles. The van der Waals surface area contributed by atoms with Gasteiger partial charge in [0.1, 0.15) is 0 Å². The molecule has 1 atom stereocenters. The fraction of sp³-hybridized carbons (Fsp3) is 0.333. The molecule has 60 valence electrons. The molecular formula is C9H12O2. The number of hydrogen-bond acceptors (Lipinski definition) is 2. The first-order chi connectivity index (χ1) is 5.22. The Bertz CT molecular complexity index is 206. The van der Waals surface area contributed by atoms with Crippen LogP contribution in [0.5, 0.6) is 0 Å². The fourth-order valence-corrected chi connectivity index (χ4v) is 0.929. The summed E-state index contributed by atoms with van der Waals surface area (Å²) in [6.45, 7) is 1.78. The van der Waals surface area contributed by atoms with E-state index in [0.717, 1.165) is 5.56 Å². The zero-order valence-electron chi connectivity index (χ0n) is 6.44. The minimum atomic E-state index is -1.27. The quantitative estimate of drug-likeness (QED) is 0.623. The molecule has 1 rings (SSSR count). The van der Waals surface area contributed by atoms with Gasteiger partial charge in [-0.25, -0.2) is 0 Å². The molecule has 2 N–H and O–H groups in total. The smallest absolute Gasteiger partial charge is 0.158 e. The van der Waals surface area contributed by atoms with E-state index >= 15 is 0 Å². The summed E-state index contributed by atoms with van der Waals surface area (Å²) in [6.07, 6.45) is -1.27. The molecule has 0 spiro atoms. The molecule has 1 aromatic rings. The van der Waals surface area contributed by atoms with Crippen molar-refractivity contribution in [3.05, 3.63) is 35.9 Å². The molecule has 0 aliphatic carbocycles. The molecule has 0 aliphatic rings. The second-order valence-electron chi connectivity index (χ2n) is 2.61. The molecule has 0 heterocycles. The van der Waals surface area contributed by atoms with Gasteiger partial charge in [0.2, 0.25) is 0 Å². The van der Waals surface area contributed by atoms with Crippen molar-refractivity contribution in [1.29, 1.82) is 0 Å². The molecule has 11 heavy (non-hydrogen) atoms. The first kappa shape index (κ1) is 8.24. The van der Waals surface area contributed by atoms with Crippen molar-refractivity contribution < 1.29 is 10.2 Å². The molecular weight excluding hydrogens is 140 g/mol. The highest BCUT2D eigenvalue weighted by Gasteiger charge is 2.11. The lowest BCUT2D eigenvalue weighted by Crippen LogP contribution is -2.13. The minimum Gasteiger partial charge on any atom is -0.368 e. The van der Waals surface area contributed by atoms with Gasteiger partial charge in [0, 0.05) is 5.92 Å². The number of rotatable bonds is 2. The van der Waals surface area contributed by atoms with Crippen molar-refractivity contribution >= 4 is 0 Å². The standard InChI is InChI=1S/C9H12O2/c1-7(9(10)11)8-5-3-2-4-6-8/h2-7,9-11H,1H3. The van der Waals surface area contributed by atoms with Crippen LogP contribution in [0.25, 0.3) is 0 Å². The van der Waals surface area contributed by atoms with Crippen molar-refractivity contribution in [2.75, 3.05) is 0 Å². The normalized spacial score (nSPS) is 13.5. The summed E-state index contributed by atoms with van der Waals surface area (Å²) in [7, 11) is 0. The Balaban J connectivity index is 2.77. The summed E-state index contributed by atoms with van der Waals surface area (Å²) < 4.78 is 0. The van der Waals surface area contributed by atoms with E-state index in [1.807, 2.05) is 30.3 Å². The maximum atomic E-state index is 8.83. The molecule has 0 bridgehead atoms. The number of aliphatic hydroxyl groups is 2. The molecule has 1 aromatic carbocycles. The Labute approximate surface area is 66.1 Å². The number of aliphatic hydroxyl groups excluding tert-OH is 1. The van der Waals surface area contributed by atoms with Crippen molar-refractivity contribution in [2.24, 2.45) is 0 Å². The average molecular weight is 152 g/mol. The third-order valence-electron chi connectivity index (χ3n) is 1.77. The van der Waals surface area contributed by atoms with Crippen LogP contribution in [0.2, 0.25) is 0 Å². The lowest BCUT2D eigenvalue weighted by Gasteiger charge is -2.12.